The standard InChI is InChI=1S/C12H22BrNO/c1-3-12(6-4-5-7-12)11(15)14-9-10(2)8-13/h10H,3-9H2,1-2H3,(H,14,15). The molecule has 1 amide bonds. The van der Waals surface area contributed by atoms with Crippen molar-refractivity contribution in [3.8, 4) is 0 Å². The molecule has 0 aromatic carbocycles. The number of hydrogen-bond donors (Lipinski definition) is 1. The van der Waals surface area contributed by atoms with E-state index in [0.29, 0.717) is 5.92 Å². The van der Waals surface area contributed by atoms with Crippen molar-refractivity contribution in [2.45, 2.75) is 46.0 Å². The second-order valence-corrected chi connectivity index (χ2v) is 5.46. The van der Waals surface area contributed by atoms with E-state index in [1.807, 2.05) is 0 Å². The molecule has 1 unspecified atom stereocenters. The summed E-state index contributed by atoms with van der Waals surface area (Å²) in [5, 5.41) is 4.05. The second-order valence-electron chi connectivity index (χ2n) is 4.81. The summed E-state index contributed by atoms with van der Waals surface area (Å²) in [4.78, 5) is 12.1. The van der Waals surface area contributed by atoms with E-state index >= 15 is 0 Å². The van der Waals surface area contributed by atoms with E-state index in [2.05, 4.69) is 35.1 Å². The van der Waals surface area contributed by atoms with Gasteiger partial charge in [0.15, 0.2) is 0 Å². The van der Waals surface area contributed by atoms with E-state index in [4.69, 9.17) is 0 Å². The number of alkyl halides is 1. The number of carbonyl (C=O) groups is 1. The van der Waals surface area contributed by atoms with Crippen molar-refractivity contribution in [2.75, 3.05) is 11.9 Å². The molecule has 1 atom stereocenters. The lowest BCUT2D eigenvalue weighted by atomic mass is 9.82. The van der Waals surface area contributed by atoms with Crippen LogP contribution >= 0.6 is 15.9 Å². The molecular formula is C12H22BrNO. The summed E-state index contributed by atoms with van der Waals surface area (Å²) < 4.78 is 0. The van der Waals surface area contributed by atoms with Crippen LogP contribution in [0.2, 0.25) is 0 Å². The molecule has 2 nitrogen and oxygen atoms in total. The Kier molecular flexibility index (Phi) is 5.10. The smallest absolute Gasteiger partial charge is 0.226 e. The SMILES string of the molecule is CCC1(C(=O)NCC(C)CBr)CCCC1. The largest absolute Gasteiger partial charge is 0.355 e. The fraction of sp³-hybridized carbons (Fsp3) is 0.917. The highest BCUT2D eigenvalue weighted by Gasteiger charge is 2.38. The zero-order valence-electron chi connectivity index (χ0n) is 9.81. The third-order valence-electron chi connectivity index (χ3n) is 3.59. The molecule has 1 aliphatic carbocycles. The molecule has 88 valence electrons. The summed E-state index contributed by atoms with van der Waals surface area (Å²) in [6, 6.07) is 0. The van der Waals surface area contributed by atoms with E-state index in [-0.39, 0.29) is 11.3 Å². The van der Waals surface area contributed by atoms with Gasteiger partial charge in [-0.05, 0) is 25.2 Å². The maximum atomic E-state index is 12.1. The topological polar surface area (TPSA) is 29.1 Å². The molecule has 15 heavy (non-hydrogen) atoms. The van der Waals surface area contributed by atoms with Gasteiger partial charge < -0.3 is 5.32 Å². The molecule has 1 fully saturated rings. The Hall–Kier alpha value is -0.0500. The minimum absolute atomic E-state index is 0.0357. The molecular weight excluding hydrogens is 254 g/mol. The van der Waals surface area contributed by atoms with Gasteiger partial charge in [-0.3, -0.25) is 4.79 Å². The van der Waals surface area contributed by atoms with E-state index in [1.165, 1.54) is 12.8 Å². The van der Waals surface area contributed by atoms with E-state index in [9.17, 15) is 4.79 Å². The number of rotatable bonds is 5. The molecule has 0 heterocycles. The van der Waals surface area contributed by atoms with Crippen LogP contribution in [-0.2, 0) is 4.79 Å². The van der Waals surface area contributed by atoms with Crippen LogP contribution in [0.15, 0.2) is 0 Å². The van der Waals surface area contributed by atoms with Gasteiger partial charge in [0, 0.05) is 17.3 Å². The first-order valence-corrected chi connectivity index (χ1v) is 7.11. The predicted molar refractivity (Wildman–Crippen MR) is 67.2 cm³/mol. The quantitative estimate of drug-likeness (QED) is 0.768. The second kappa shape index (κ2) is 5.88. The maximum Gasteiger partial charge on any atom is 0.226 e. The maximum absolute atomic E-state index is 12.1. The monoisotopic (exact) mass is 275 g/mol. The third kappa shape index (κ3) is 3.20. The van der Waals surface area contributed by atoms with Gasteiger partial charge >= 0.3 is 0 Å². The lowest BCUT2D eigenvalue weighted by Gasteiger charge is -2.26. The average Bonchev–Trinajstić information content (AvgIpc) is 2.75. The van der Waals surface area contributed by atoms with Gasteiger partial charge in [0.25, 0.3) is 0 Å². The zero-order chi connectivity index (χ0) is 11.3. The van der Waals surface area contributed by atoms with Crippen LogP contribution in [-0.4, -0.2) is 17.8 Å². The normalized spacial score (nSPS) is 21.3. The molecule has 3 heteroatoms. The van der Waals surface area contributed by atoms with Crippen molar-refractivity contribution < 1.29 is 4.79 Å². The Bertz CT molecular complexity index is 212. The summed E-state index contributed by atoms with van der Waals surface area (Å²) in [6.45, 7) is 5.08. The van der Waals surface area contributed by atoms with Crippen molar-refractivity contribution in [2.24, 2.45) is 11.3 Å². The lowest BCUT2D eigenvalue weighted by Crippen LogP contribution is -2.40. The Morgan fingerprint density at radius 3 is 2.53 bits per heavy atom. The first-order chi connectivity index (χ1) is 7.14. The van der Waals surface area contributed by atoms with Gasteiger partial charge in [-0.1, -0.05) is 42.6 Å². The number of carbonyl (C=O) groups excluding carboxylic acids is 1. The molecule has 0 radical (unpaired) electrons. The molecule has 1 rings (SSSR count). The summed E-state index contributed by atoms with van der Waals surface area (Å²) in [6.07, 6.45) is 5.59. The van der Waals surface area contributed by atoms with Gasteiger partial charge in [-0.25, -0.2) is 0 Å². The Balaban J connectivity index is 2.44. The average molecular weight is 276 g/mol. The molecule has 1 saturated carbocycles. The first-order valence-electron chi connectivity index (χ1n) is 5.99. The van der Waals surface area contributed by atoms with Crippen molar-refractivity contribution >= 4 is 21.8 Å². The first kappa shape index (κ1) is 13.0. The molecule has 0 saturated heterocycles. The number of nitrogens with one attached hydrogen (secondary N) is 1. The number of amides is 1. The minimum Gasteiger partial charge on any atom is -0.355 e. The van der Waals surface area contributed by atoms with Gasteiger partial charge in [-0.15, -0.1) is 0 Å². The van der Waals surface area contributed by atoms with Crippen LogP contribution < -0.4 is 5.32 Å². The van der Waals surface area contributed by atoms with Crippen molar-refractivity contribution in [3.63, 3.8) is 0 Å². The molecule has 1 N–H and O–H groups in total. The van der Waals surface area contributed by atoms with Gasteiger partial charge in [-0.2, -0.15) is 0 Å². The highest BCUT2D eigenvalue weighted by atomic mass is 79.9. The number of halogens is 1. The Morgan fingerprint density at radius 1 is 1.47 bits per heavy atom. The van der Waals surface area contributed by atoms with E-state index in [0.717, 1.165) is 31.1 Å². The minimum atomic E-state index is -0.0357. The van der Waals surface area contributed by atoms with E-state index in [1.54, 1.807) is 0 Å². The van der Waals surface area contributed by atoms with E-state index < -0.39 is 0 Å². The highest BCUT2D eigenvalue weighted by molar-refractivity contribution is 9.09. The van der Waals surface area contributed by atoms with Gasteiger partial charge in [0.2, 0.25) is 5.91 Å². The van der Waals surface area contributed by atoms with Crippen molar-refractivity contribution in [1.82, 2.24) is 5.32 Å². The highest BCUT2D eigenvalue weighted by Crippen LogP contribution is 2.41. The summed E-state index contributed by atoms with van der Waals surface area (Å²) in [5.74, 6) is 0.805. The Labute approximate surface area is 101 Å². The Morgan fingerprint density at radius 2 is 2.07 bits per heavy atom. The molecule has 0 aromatic heterocycles. The molecule has 0 aliphatic heterocycles. The lowest BCUT2D eigenvalue weighted by molar-refractivity contribution is -0.131. The third-order valence-corrected chi connectivity index (χ3v) is 4.70. The van der Waals surface area contributed by atoms with Crippen LogP contribution in [0.3, 0.4) is 0 Å². The van der Waals surface area contributed by atoms with Crippen molar-refractivity contribution in [3.05, 3.63) is 0 Å². The summed E-state index contributed by atoms with van der Waals surface area (Å²) in [5.41, 5.74) is -0.0357. The van der Waals surface area contributed by atoms with Crippen LogP contribution in [0.1, 0.15) is 46.0 Å². The van der Waals surface area contributed by atoms with Gasteiger partial charge in [0.1, 0.15) is 0 Å². The van der Waals surface area contributed by atoms with Crippen LogP contribution in [0.5, 0.6) is 0 Å². The summed E-state index contributed by atoms with van der Waals surface area (Å²) >= 11 is 3.43. The zero-order valence-corrected chi connectivity index (χ0v) is 11.4. The summed E-state index contributed by atoms with van der Waals surface area (Å²) in [7, 11) is 0. The van der Waals surface area contributed by atoms with Crippen LogP contribution in [0.4, 0.5) is 0 Å². The van der Waals surface area contributed by atoms with Crippen LogP contribution in [0.25, 0.3) is 0 Å². The molecule has 0 spiro atoms. The fourth-order valence-corrected chi connectivity index (χ4v) is 2.53. The molecule has 0 aromatic rings. The van der Waals surface area contributed by atoms with Crippen LogP contribution in [0, 0.1) is 11.3 Å². The molecule has 1 aliphatic rings. The fourth-order valence-electron chi connectivity index (χ4n) is 2.30. The number of hydrogen-bond acceptors (Lipinski definition) is 1. The molecule has 0 bridgehead atoms. The van der Waals surface area contributed by atoms with Crippen molar-refractivity contribution in [1.29, 1.82) is 0 Å². The van der Waals surface area contributed by atoms with Gasteiger partial charge in [0.05, 0.1) is 0 Å². The predicted octanol–water partition coefficient (Wildman–Crippen LogP) is 3.10.